The smallest absolute Gasteiger partial charge is 0.384 e. The minimum absolute atomic E-state index is 0.0140. The number of aromatic amines is 1. The van der Waals surface area contributed by atoms with Crippen molar-refractivity contribution in [2.75, 3.05) is 11.5 Å². The first kappa shape index (κ1) is 22.2. The van der Waals surface area contributed by atoms with Crippen molar-refractivity contribution in [1.82, 2.24) is 14.5 Å². The number of nitriles is 1. The number of rotatable bonds is 6. The van der Waals surface area contributed by atoms with E-state index in [0.29, 0.717) is 18.2 Å². The Morgan fingerprint density at radius 1 is 1.41 bits per heavy atom. The van der Waals surface area contributed by atoms with Gasteiger partial charge >= 0.3 is 11.9 Å². The fourth-order valence-corrected chi connectivity index (χ4v) is 3.51. The lowest BCUT2D eigenvalue weighted by Gasteiger charge is -2.13. The average molecular weight is 427 g/mol. The number of thioether (sulfide) groups is 1. The molecule has 0 atom stereocenters. The first-order valence-corrected chi connectivity index (χ1v) is 9.27. The standard InChI is InChI=1S/C17H16F3N5O3S/c1-3-4-25-13(22)12(14(27)24-16(25)28)11(26)7-29-15-9(6-21)10(17(18,19)20)5-8(2)23-15/h5H,3-4,7,22H2,1-2H3,(H,24,27,28). The summed E-state index contributed by atoms with van der Waals surface area (Å²) in [5, 5.41) is 8.86. The van der Waals surface area contributed by atoms with Crippen LogP contribution in [-0.4, -0.2) is 26.1 Å². The van der Waals surface area contributed by atoms with Gasteiger partial charge in [0.25, 0.3) is 5.56 Å². The molecule has 0 bridgehead atoms. The Labute approximate surface area is 166 Å². The number of hydrogen-bond donors (Lipinski definition) is 2. The zero-order valence-corrected chi connectivity index (χ0v) is 16.2. The molecule has 0 aliphatic heterocycles. The van der Waals surface area contributed by atoms with E-state index in [1.54, 1.807) is 6.92 Å². The summed E-state index contributed by atoms with van der Waals surface area (Å²) in [4.78, 5) is 42.3. The summed E-state index contributed by atoms with van der Waals surface area (Å²) in [6.07, 6.45) is -4.26. The second kappa shape index (κ2) is 8.52. The van der Waals surface area contributed by atoms with Gasteiger partial charge in [0.1, 0.15) is 22.5 Å². The molecule has 0 saturated heterocycles. The topological polar surface area (TPSA) is 135 Å². The Balaban J connectivity index is 2.42. The van der Waals surface area contributed by atoms with E-state index in [4.69, 9.17) is 11.0 Å². The molecule has 0 fully saturated rings. The van der Waals surface area contributed by atoms with Crippen molar-refractivity contribution in [2.45, 2.75) is 38.0 Å². The summed E-state index contributed by atoms with van der Waals surface area (Å²) in [7, 11) is 0. The summed E-state index contributed by atoms with van der Waals surface area (Å²) in [6.45, 7) is 3.26. The van der Waals surface area contributed by atoms with Gasteiger partial charge in [-0.15, -0.1) is 0 Å². The van der Waals surface area contributed by atoms with Crippen molar-refractivity contribution < 1.29 is 18.0 Å². The van der Waals surface area contributed by atoms with Crippen LogP contribution in [-0.2, 0) is 12.7 Å². The molecule has 0 spiro atoms. The van der Waals surface area contributed by atoms with Crippen LogP contribution in [0.4, 0.5) is 19.0 Å². The first-order valence-electron chi connectivity index (χ1n) is 8.28. The summed E-state index contributed by atoms with van der Waals surface area (Å²) < 4.78 is 40.5. The lowest BCUT2D eigenvalue weighted by molar-refractivity contribution is -0.138. The Bertz CT molecular complexity index is 1120. The van der Waals surface area contributed by atoms with Gasteiger partial charge < -0.3 is 5.73 Å². The number of anilines is 1. The van der Waals surface area contributed by atoms with Crippen LogP contribution >= 0.6 is 11.8 Å². The van der Waals surface area contributed by atoms with Gasteiger partial charge in [-0.1, -0.05) is 18.7 Å². The molecule has 0 saturated carbocycles. The molecular formula is C17H16F3N5O3S. The molecule has 12 heteroatoms. The maximum atomic E-state index is 13.2. The van der Waals surface area contributed by atoms with Gasteiger partial charge in [0.05, 0.1) is 16.9 Å². The lowest BCUT2D eigenvalue weighted by Crippen LogP contribution is -2.36. The molecule has 0 radical (unpaired) electrons. The van der Waals surface area contributed by atoms with Gasteiger partial charge in [-0.25, -0.2) is 9.78 Å². The summed E-state index contributed by atoms with van der Waals surface area (Å²) >= 11 is 0.581. The van der Waals surface area contributed by atoms with Gasteiger partial charge in [0, 0.05) is 12.2 Å². The van der Waals surface area contributed by atoms with E-state index in [1.807, 2.05) is 4.98 Å². The van der Waals surface area contributed by atoms with Crippen molar-refractivity contribution in [1.29, 1.82) is 5.26 Å². The number of Topliss-reactive ketones (excluding diaryl/α,β-unsaturated/α-hetero) is 1. The number of carbonyl (C=O) groups is 1. The second-order valence-electron chi connectivity index (χ2n) is 5.98. The third-order valence-electron chi connectivity index (χ3n) is 3.84. The third-order valence-corrected chi connectivity index (χ3v) is 4.81. The van der Waals surface area contributed by atoms with Gasteiger partial charge in [-0.2, -0.15) is 18.4 Å². The number of H-pyrrole nitrogens is 1. The second-order valence-corrected chi connectivity index (χ2v) is 6.95. The Kier molecular flexibility index (Phi) is 6.53. The highest BCUT2D eigenvalue weighted by Crippen LogP contribution is 2.36. The van der Waals surface area contributed by atoms with E-state index < -0.39 is 45.7 Å². The molecule has 0 aliphatic rings. The molecule has 8 nitrogen and oxygen atoms in total. The number of pyridine rings is 1. The molecule has 0 aliphatic carbocycles. The van der Waals surface area contributed by atoms with E-state index in [1.165, 1.54) is 13.0 Å². The molecule has 2 heterocycles. The van der Waals surface area contributed by atoms with Crippen molar-refractivity contribution in [2.24, 2.45) is 0 Å². The number of hydrogen-bond acceptors (Lipinski definition) is 7. The average Bonchev–Trinajstić information content (AvgIpc) is 2.62. The number of ketones is 1. The SMILES string of the molecule is CCCn1c(N)c(C(=O)CSc2nc(C)cc(C(F)(F)F)c2C#N)c(=O)[nH]c1=O. The number of nitrogen functional groups attached to an aromatic ring is 1. The van der Waals surface area contributed by atoms with E-state index in [2.05, 4.69) is 4.98 Å². The highest BCUT2D eigenvalue weighted by molar-refractivity contribution is 8.00. The Hall–Kier alpha value is -3.07. The van der Waals surface area contributed by atoms with Crippen molar-refractivity contribution in [3.05, 3.63) is 49.3 Å². The summed E-state index contributed by atoms with van der Waals surface area (Å²) in [6, 6.07) is 2.21. The van der Waals surface area contributed by atoms with E-state index >= 15 is 0 Å². The van der Waals surface area contributed by atoms with Gasteiger partial charge in [0.15, 0.2) is 5.78 Å². The van der Waals surface area contributed by atoms with Crippen molar-refractivity contribution in [3.8, 4) is 6.07 Å². The normalized spacial score (nSPS) is 11.3. The largest absolute Gasteiger partial charge is 0.417 e. The quantitative estimate of drug-likeness (QED) is 0.532. The van der Waals surface area contributed by atoms with Crippen LogP contribution in [0.1, 0.15) is 40.5 Å². The molecule has 29 heavy (non-hydrogen) atoms. The molecule has 2 aromatic heterocycles. The van der Waals surface area contributed by atoms with Crippen molar-refractivity contribution >= 4 is 23.4 Å². The maximum absolute atomic E-state index is 13.2. The predicted molar refractivity (Wildman–Crippen MR) is 99.8 cm³/mol. The molecule has 2 rings (SSSR count). The number of alkyl halides is 3. The van der Waals surface area contributed by atoms with Gasteiger partial charge in [-0.3, -0.25) is 19.1 Å². The zero-order valence-electron chi connectivity index (χ0n) is 15.4. The highest BCUT2D eigenvalue weighted by Gasteiger charge is 2.35. The number of nitrogens with zero attached hydrogens (tertiary/aromatic N) is 3. The van der Waals surface area contributed by atoms with Crippen LogP contribution in [0.15, 0.2) is 20.7 Å². The molecule has 0 aromatic carbocycles. The van der Waals surface area contributed by atoms with Crippen LogP contribution in [0, 0.1) is 18.3 Å². The minimum Gasteiger partial charge on any atom is -0.384 e. The van der Waals surface area contributed by atoms with Crippen LogP contribution < -0.4 is 17.0 Å². The maximum Gasteiger partial charge on any atom is 0.417 e. The molecule has 154 valence electrons. The Morgan fingerprint density at radius 2 is 2.07 bits per heavy atom. The number of carbonyl (C=O) groups excluding carboxylic acids is 1. The first-order chi connectivity index (χ1) is 13.5. The Morgan fingerprint density at radius 3 is 2.62 bits per heavy atom. The third kappa shape index (κ3) is 4.68. The minimum atomic E-state index is -4.77. The van der Waals surface area contributed by atoms with E-state index in [9.17, 15) is 27.6 Å². The number of aryl methyl sites for hydroxylation is 1. The zero-order chi connectivity index (χ0) is 21.9. The molecule has 0 unspecified atom stereocenters. The van der Waals surface area contributed by atoms with Gasteiger partial charge in [0.2, 0.25) is 0 Å². The van der Waals surface area contributed by atoms with Crippen LogP contribution in [0.3, 0.4) is 0 Å². The number of nitrogens with two attached hydrogens (primary N) is 1. The fourth-order valence-electron chi connectivity index (χ4n) is 2.59. The highest BCUT2D eigenvalue weighted by atomic mass is 32.2. The number of halogens is 3. The number of aromatic nitrogens is 3. The summed E-state index contributed by atoms with van der Waals surface area (Å²) in [5.41, 5.74) is 1.73. The van der Waals surface area contributed by atoms with Crippen LogP contribution in [0.2, 0.25) is 0 Å². The molecule has 3 N–H and O–H groups in total. The lowest BCUT2D eigenvalue weighted by atomic mass is 10.1. The molecular weight excluding hydrogens is 411 g/mol. The van der Waals surface area contributed by atoms with E-state index in [-0.39, 0.29) is 23.1 Å². The number of nitrogens with one attached hydrogen (secondary N) is 1. The van der Waals surface area contributed by atoms with Gasteiger partial charge in [-0.05, 0) is 19.4 Å². The monoisotopic (exact) mass is 427 g/mol. The van der Waals surface area contributed by atoms with Crippen LogP contribution in [0.5, 0.6) is 0 Å². The van der Waals surface area contributed by atoms with Crippen molar-refractivity contribution in [3.63, 3.8) is 0 Å². The molecule has 0 amide bonds. The van der Waals surface area contributed by atoms with Crippen LogP contribution in [0.25, 0.3) is 0 Å². The molecule has 2 aromatic rings. The summed E-state index contributed by atoms with van der Waals surface area (Å²) in [5.74, 6) is -1.63. The fraction of sp³-hybridized carbons (Fsp3) is 0.353. The van der Waals surface area contributed by atoms with E-state index in [0.717, 1.165) is 10.6 Å². The predicted octanol–water partition coefficient (Wildman–Crippen LogP) is 2.10.